The minimum Gasteiger partial charge on any atom is -0.312 e. The van der Waals surface area contributed by atoms with Crippen molar-refractivity contribution < 1.29 is 4.39 Å². The lowest BCUT2D eigenvalue weighted by atomic mass is 10.1. The van der Waals surface area contributed by atoms with Crippen molar-refractivity contribution in [2.24, 2.45) is 0 Å². The van der Waals surface area contributed by atoms with E-state index in [0.717, 1.165) is 16.4 Å². The number of allylic oxidation sites excluding steroid dienone is 1. The molecule has 0 aliphatic rings. The van der Waals surface area contributed by atoms with Crippen LogP contribution in [0.2, 0.25) is 0 Å². The van der Waals surface area contributed by atoms with Crippen molar-refractivity contribution in [3.05, 3.63) is 59.0 Å². The number of hydrogen-bond acceptors (Lipinski definition) is 0. The third-order valence-corrected chi connectivity index (χ3v) is 2.71. The van der Waals surface area contributed by atoms with Crippen molar-refractivity contribution >= 4 is 18.7 Å². The zero-order valence-electron chi connectivity index (χ0n) is 9.83. The van der Waals surface area contributed by atoms with E-state index in [0.29, 0.717) is 11.1 Å². The van der Waals surface area contributed by atoms with Gasteiger partial charge in [-0.3, -0.25) is 0 Å². The van der Waals surface area contributed by atoms with Gasteiger partial charge in [0.05, 0.1) is 0 Å². The summed E-state index contributed by atoms with van der Waals surface area (Å²) in [6.07, 6.45) is 0. The quantitative estimate of drug-likeness (QED) is 0.742. The summed E-state index contributed by atoms with van der Waals surface area (Å²) < 4.78 is 15.4. The highest BCUT2D eigenvalue weighted by atomic mass is 19.1. The molecule has 0 fully saturated rings. The van der Waals surface area contributed by atoms with E-state index in [4.69, 9.17) is 0 Å². The summed E-state index contributed by atoms with van der Waals surface area (Å²) in [6.45, 7) is 13.4. The van der Waals surface area contributed by atoms with Crippen LogP contribution in [0.3, 0.4) is 0 Å². The molecule has 0 aliphatic carbocycles. The lowest BCUT2D eigenvalue weighted by molar-refractivity contribution is 0.623. The molecular formula is C15H14FN. The maximum atomic E-state index is 13.6. The van der Waals surface area contributed by atoms with Crippen molar-refractivity contribution in [1.82, 2.24) is 4.57 Å². The van der Waals surface area contributed by atoms with Crippen LogP contribution in [0.1, 0.15) is 12.5 Å². The van der Waals surface area contributed by atoms with Crippen LogP contribution in [-0.4, -0.2) is 4.57 Å². The van der Waals surface area contributed by atoms with Crippen molar-refractivity contribution in [3.63, 3.8) is 0 Å². The van der Waals surface area contributed by atoms with Crippen molar-refractivity contribution in [3.8, 4) is 5.69 Å². The highest BCUT2D eigenvalue weighted by Crippen LogP contribution is 2.18. The van der Waals surface area contributed by atoms with Gasteiger partial charge in [-0.15, -0.1) is 0 Å². The molecule has 0 saturated carbocycles. The van der Waals surface area contributed by atoms with E-state index < -0.39 is 0 Å². The van der Waals surface area contributed by atoms with Crippen molar-refractivity contribution in [1.29, 1.82) is 0 Å². The largest absolute Gasteiger partial charge is 0.312 e. The summed E-state index contributed by atoms with van der Waals surface area (Å²) in [5, 5.41) is 1.66. The molecule has 86 valence electrons. The molecule has 0 spiro atoms. The molecule has 2 rings (SSSR count). The molecule has 1 nitrogen and oxygen atoms in total. The second kappa shape index (κ2) is 4.06. The smallest absolute Gasteiger partial charge is 0.130 e. The minimum atomic E-state index is -0.260. The Kier molecular flexibility index (Phi) is 2.72. The summed E-state index contributed by atoms with van der Waals surface area (Å²) in [7, 11) is 0. The third-order valence-electron chi connectivity index (χ3n) is 2.71. The zero-order chi connectivity index (χ0) is 12.6. The predicted octanol–water partition coefficient (Wildman–Crippen LogP) is 2.47. The van der Waals surface area contributed by atoms with Gasteiger partial charge in [-0.05, 0) is 42.8 Å². The molecule has 2 heteroatoms. The Hall–Kier alpha value is -2.09. The molecule has 0 atom stereocenters. The van der Waals surface area contributed by atoms with Crippen molar-refractivity contribution in [2.45, 2.75) is 6.92 Å². The molecule has 1 heterocycles. The first-order chi connectivity index (χ1) is 8.00. The number of hydrogen-bond donors (Lipinski definition) is 0. The molecule has 0 unspecified atom stereocenters. The zero-order valence-corrected chi connectivity index (χ0v) is 9.83. The molecule has 0 amide bonds. The topological polar surface area (TPSA) is 4.93 Å². The van der Waals surface area contributed by atoms with Crippen LogP contribution in [0.5, 0.6) is 0 Å². The Balaban J connectivity index is 2.70. The number of benzene rings is 1. The highest BCUT2D eigenvalue weighted by molar-refractivity contribution is 5.64. The summed E-state index contributed by atoms with van der Waals surface area (Å²) in [5.74, 6) is -0.260. The molecule has 0 aliphatic heterocycles. The lowest BCUT2D eigenvalue weighted by Gasteiger charge is -2.08. The van der Waals surface area contributed by atoms with Gasteiger partial charge in [-0.1, -0.05) is 19.7 Å². The first-order valence-electron chi connectivity index (χ1n) is 5.32. The van der Waals surface area contributed by atoms with E-state index in [1.54, 1.807) is 19.1 Å². The van der Waals surface area contributed by atoms with E-state index in [1.807, 2.05) is 16.7 Å². The number of aromatic nitrogens is 1. The number of rotatable bonds is 2. The standard InChI is InChI=1S/C15H14FN/c1-10(2)14-9-13(7-8-15(14)16)17-11(3)5-6-12(17)4/h5-9H,1,3-4H2,2H3. The van der Waals surface area contributed by atoms with Crippen LogP contribution in [0.15, 0.2) is 36.9 Å². The Bertz CT molecular complexity index is 652. The van der Waals surface area contributed by atoms with Crippen LogP contribution in [0, 0.1) is 5.82 Å². The average Bonchev–Trinajstić information content (AvgIpc) is 2.59. The van der Waals surface area contributed by atoms with E-state index in [2.05, 4.69) is 19.7 Å². The maximum absolute atomic E-state index is 13.6. The van der Waals surface area contributed by atoms with Gasteiger partial charge in [0.1, 0.15) is 5.82 Å². The van der Waals surface area contributed by atoms with E-state index in [1.165, 1.54) is 6.07 Å². The van der Waals surface area contributed by atoms with Crippen LogP contribution in [0.25, 0.3) is 24.4 Å². The van der Waals surface area contributed by atoms with Crippen LogP contribution < -0.4 is 10.7 Å². The second-order valence-corrected chi connectivity index (χ2v) is 4.10. The minimum absolute atomic E-state index is 0.260. The number of nitrogens with zero attached hydrogens (tertiary/aromatic N) is 1. The maximum Gasteiger partial charge on any atom is 0.130 e. The first kappa shape index (κ1) is 11.4. The van der Waals surface area contributed by atoms with E-state index in [-0.39, 0.29) is 5.82 Å². The molecule has 1 aromatic heterocycles. The predicted molar refractivity (Wildman–Crippen MR) is 70.7 cm³/mol. The fourth-order valence-corrected chi connectivity index (χ4v) is 1.84. The summed E-state index contributed by atoms with van der Waals surface area (Å²) in [6, 6.07) is 8.68. The third kappa shape index (κ3) is 1.94. The van der Waals surface area contributed by atoms with E-state index >= 15 is 0 Å². The van der Waals surface area contributed by atoms with Gasteiger partial charge in [0.2, 0.25) is 0 Å². The highest BCUT2D eigenvalue weighted by Gasteiger charge is 2.06. The molecule has 0 saturated heterocycles. The summed E-state index contributed by atoms with van der Waals surface area (Å²) in [4.78, 5) is 0. The molecule has 0 N–H and O–H groups in total. The van der Waals surface area contributed by atoms with Crippen LogP contribution in [0.4, 0.5) is 4.39 Å². The molecule has 0 bridgehead atoms. The first-order valence-corrected chi connectivity index (χ1v) is 5.32. The lowest BCUT2D eigenvalue weighted by Crippen LogP contribution is -2.22. The van der Waals surface area contributed by atoms with Crippen molar-refractivity contribution in [2.75, 3.05) is 0 Å². The average molecular weight is 227 g/mol. The summed E-state index contributed by atoms with van der Waals surface area (Å²) in [5.41, 5.74) is 2.08. The fourth-order valence-electron chi connectivity index (χ4n) is 1.84. The van der Waals surface area contributed by atoms with E-state index in [9.17, 15) is 4.39 Å². The van der Waals surface area contributed by atoms with Crippen LogP contribution >= 0.6 is 0 Å². The molecule has 0 radical (unpaired) electrons. The van der Waals surface area contributed by atoms with Crippen LogP contribution in [-0.2, 0) is 0 Å². The molecular weight excluding hydrogens is 213 g/mol. The Morgan fingerprint density at radius 2 is 1.71 bits per heavy atom. The fraction of sp³-hybridized carbons (Fsp3) is 0.0667. The number of halogens is 1. The Morgan fingerprint density at radius 1 is 1.12 bits per heavy atom. The Labute approximate surface area is 99.8 Å². The molecule has 17 heavy (non-hydrogen) atoms. The van der Waals surface area contributed by atoms with Gasteiger partial charge < -0.3 is 4.57 Å². The van der Waals surface area contributed by atoms with Gasteiger partial charge in [0.15, 0.2) is 0 Å². The molecule has 2 aromatic rings. The van der Waals surface area contributed by atoms with Gasteiger partial charge in [-0.25, -0.2) is 4.39 Å². The Morgan fingerprint density at radius 3 is 2.24 bits per heavy atom. The van der Waals surface area contributed by atoms with Gasteiger partial charge >= 0.3 is 0 Å². The normalized spacial score (nSPS) is 10.5. The van der Waals surface area contributed by atoms with Gasteiger partial charge in [0.25, 0.3) is 0 Å². The SMILES string of the molecule is C=C(C)c1cc(-n2c(=C)ccc2=C)ccc1F. The molecule has 1 aromatic carbocycles. The second-order valence-electron chi connectivity index (χ2n) is 4.10. The monoisotopic (exact) mass is 227 g/mol. The summed E-state index contributed by atoms with van der Waals surface area (Å²) >= 11 is 0. The van der Waals surface area contributed by atoms with Gasteiger partial charge in [0, 0.05) is 21.9 Å². The van der Waals surface area contributed by atoms with Gasteiger partial charge in [-0.2, -0.15) is 0 Å².